The maximum Gasteiger partial charge on any atom is 0.319 e. The van der Waals surface area contributed by atoms with Gasteiger partial charge in [-0.05, 0) is 17.7 Å². The van der Waals surface area contributed by atoms with Crippen LogP contribution in [0.1, 0.15) is 11.3 Å². The number of nitrogens with one attached hydrogen (secondary N) is 1. The van der Waals surface area contributed by atoms with E-state index in [0.717, 1.165) is 0 Å². The van der Waals surface area contributed by atoms with Crippen LogP contribution in [0.2, 0.25) is 0 Å². The lowest BCUT2D eigenvalue weighted by Crippen LogP contribution is -2.38. The Morgan fingerprint density at radius 1 is 1.47 bits per heavy atom. The van der Waals surface area contributed by atoms with Crippen molar-refractivity contribution in [2.75, 3.05) is 6.54 Å². The highest BCUT2D eigenvalue weighted by Gasteiger charge is 2.39. The molecule has 0 saturated carbocycles. The second kappa shape index (κ2) is 5.59. The van der Waals surface area contributed by atoms with Crippen molar-refractivity contribution in [2.24, 2.45) is 0 Å². The predicted octanol–water partition coefficient (Wildman–Crippen LogP) is 1.94. The quantitative estimate of drug-likeness (QED) is 0.809. The minimum atomic E-state index is -4.05. The molecular weight excluding hydrogens is 238 g/mol. The van der Waals surface area contributed by atoms with E-state index >= 15 is 0 Å². The molecule has 7 heteroatoms. The number of alkyl halides is 4. The van der Waals surface area contributed by atoms with E-state index in [9.17, 15) is 17.6 Å². The van der Waals surface area contributed by atoms with E-state index in [1.807, 2.05) is 0 Å². The third-order valence-corrected chi connectivity index (χ3v) is 1.95. The summed E-state index contributed by atoms with van der Waals surface area (Å²) in [7, 11) is 0. The van der Waals surface area contributed by atoms with Crippen LogP contribution < -0.4 is 5.32 Å². The maximum absolute atomic E-state index is 12.5. The third-order valence-electron chi connectivity index (χ3n) is 1.95. The van der Waals surface area contributed by atoms with Gasteiger partial charge in [-0.1, -0.05) is 0 Å². The topological polar surface area (TPSA) is 48.7 Å². The summed E-state index contributed by atoms with van der Waals surface area (Å²) in [5, 5.41) is 10.7. The highest BCUT2D eigenvalue weighted by molar-refractivity contribution is 5.25. The average Bonchev–Trinajstić information content (AvgIpc) is 2.29. The number of hydrogen-bond acceptors (Lipinski definition) is 3. The Bertz CT molecular complexity index is 414. The normalized spacial score (nSPS) is 11.5. The fraction of sp³-hybridized carbons (Fsp3) is 0.400. The van der Waals surface area contributed by atoms with E-state index in [1.54, 1.807) is 6.07 Å². The zero-order valence-electron chi connectivity index (χ0n) is 8.63. The van der Waals surface area contributed by atoms with Crippen LogP contribution >= 0.6 is 0 Å². The van der Waals surface area contributed by atoms with Gasteiger partial charge in [0.25, 0.3) is 0 Å². The van der Waals surface area contributed by atoms with Crippen molar-refractivity contribution in [2.45, 2.75) is 18.9 Å². The van der Waals surface area contributed by atoms with Crippen LogP contribution in [-0.2, 0) is 6.54 Å². The highest BCUT2D eigenvalue weighted by atomic mass is 19.3. The first-order chi connectivity index (χ1) is 7.95. The van der Waals surface area contributed by atoms with Crippen molar-refractivity contribution in [1.82, 2.24) is 10.3 Å². The van der Waals surface area contributed by atoms with Crippen LogP contribution in [0.4, 0.5) is 17.6 Å². The Morgan fingerprint density at radius 2 is 2.18 bits per heavy atom. The van der Waals surface area contributed by atoms with E-state index in [4.69, 9.17) is 5.26 Å². The number of nitriles is 1. The number of aromatic nitrogens is 1. The molecule has 1 N–H and O–H groups in total. The molecule has 17 heavy (non-hydrogen) atoms. The minimum Gasteiger partial charge on any atom is -0.307 e. The largest absolute Gasteiger partial charge is 0.319 e. The SMILES string of the molecule is N#Cc1cc(CNCC(F)(F)C(F)F)ccn1. The van der Waals surface area contributed by atoms with Crippen LogP contribution in [-0.4, -0.2) is 23.9 Å². The molecule has 1 aromatic rings. The van der Waals surface area contributed by atoms with Crippen LogP contribution in [0.3, 0.4) is 0 Å². The number of pyridine rings is 1. The number of rotatable bonds is 5. The Balaban J connectivity index is 2.49. The number of hydrogen-bond donors (Lipinski definition) is 1. The molecule has 0 atom stereocenters. The van der Waals surface area contributed by atoms with Crippen molar-refractivity contribution in [3.63, 3.8) is 0 Å². The molecule has 1 aromatic heterocycles. The van der Waals surface area contributed by atoms with Crippen LogP contribution in [0, 0.1) is 11.3 Å². The van der Waals surface area contributed by atoms with Gasteiger partial charge in [-0.15, -0.1) is 0 Å². The molecular formula is C10H9F4N3. The van der Waals surface area contributed by atoms with Crippen LogP contribution in [0.25, 0.3) is 0 Å². The molecule has 0 aliphatic carbocycles. The molecule has 0 unspecified atom stereocenters. The van der Waals surface area contributed by atoms with Crippen LogP contribution in [0.15, 0.2) is 18.3 Å². The molecule has 0 bridgehead atoms. The Kier molecular flexibility index (Phi) is 4.40. The van der Waals surface area contributed by atoms with Gasteiger partial charge in [0.15, 0.2) is 0 Å². The van der Waals surface area contributed by atoms with E-state index < -0.39 is 18.9 Å². The Labute approximate surface area is 95.1 Å². The monoisotopic (exact) mass is 247 g/mol. The van der Waals surface area contributed by atoms with E-state index in [1.165, 1.54) is 18.3 Å². The summed E-state index contributed by atoms with van der Waals surface area (Å²) in [6.07, 6.45) is -2.34. The van der Waals surface area contributed by atoms with Gasteiger partial charge >= 0.3 is 12.3 Å². The highest BCUT2D eigenvalue weighted by Crippen LogP contribution is 2.21. The van der Waals surface area contributed by atoms with Gasteiger partial charge in [0.2, 0.25) is 0 Å². The summed E-state index contributed by atoms with van der Waals surface area (Å²) < 4.78 is 48.7. The number of nitrogens with zero attached hydrogens (tertiary/aromatic N) is 2. The Hall–Kier alpha value is -1.68. The van der Waals surface area contributed by atoms with Crippen LogP contribution in [0.5, 0.6) is 0 Å². The van der Waals surface area contributed by atoms with Crippen molar-refractivity contribution < 1.29 is 17.6 Å². The molecule has 0 aromatic carbocycles. The minimum absolute atomic E-state index is 0.0283. The lowest BCUT2D eigenvalue weighted by atomic mass is 10.2. The Morgan fingerprint density at radius 3 is 2.76 bits per heavy atom. The molecule has 0 fully saturated rings. The third kappa shape index (κ3) is 4.00. The molecule has 0 radical (unpaired) electrons. The molecule has 0 amide bonds. The molecule has 0 aliphatic heterocycles. The van der Waals surface area contributed by atoms with Crippen molar-refractivity contribution in [3.05, 3.63) is 29.6 Å². The van der Waals surface area contributed by atoms with Crippen molar-refractivity contribution in [3.8, 4) is 6.07 Å². The smallest absolute Gasteiger partial charge is 0.307 e. The van der Waals surface area contributed by atoms with Gasteiger partial charge in [0, 0.05) is 12.7 Å². The molecule has 0 spiro atoms. The first kappa shape index (κ1) is 13.4. The maximum atomic E-state index is 12.5. The summed E-state index contributed by atoms with van der Waals surface area (Å²) in [6.45, 7) is -1.14. The first-order valence-corrected chi connectivity index (χ1v) is 4.67. The standard InChI is InChI=1S/C10H9F4N3/c11-9(12)10(13,14)6-16-5-7-1-2-17-8(3-7)4-15/h1-3,9,16H,5-6H2. The molecule has 92 valence electrons. The first-order valence-electron chi connectivity index (χ1n) is 4.67. The summed E-state index contributed by atoms with van der Waals surface area (Å²) >= 11 is 0. The molecule has 1 rings (SSSR count). The zero-order valence-corrected chi connectivity index (χ0v) is 8.63. The predicted molar refractivity (Wildman–Crippen MR) is 51.6 cm³/mol. The molecule has 0 aliphatic rings. The lowest BCUT2D eigenvalue weighted by molar-refractivity contribution is -0.125. The second-order valence-corrected chi connectivity index (χ2v) is 3.33. The van der Waals surface area contributed by atoms with Crippen molar-refractivity contribution >= 4 is 0 Å². The summed E-state index contributed by atoms with van der Waals surface area (Å²) in [4.78, 5) is 3.69. The lowest BCUT2D eigenvalue weighted by Gasteiger charge is -2.15. The fourth-order valence-electron chi connectivity index (χ4n) is 1.10. The van der Waals surface area contributed by atoms with E-state index in [0.29, 0.717) is 5.56 Å². The van der Waals surface area contributed by atoms with Gasteiger partial charge in [-0.25, -0.2) is 13.8 Å². The second-order valence-electron chi connectivity index (χ2n) is 3.33. The average molecular weight is 247 g/mol. The molecule has 3 nitrogen and oxygen atoms in total. The number of halogens is 4. The van der Waals surface area contributed by atoms with Gasteiger partial charge in [-0.2, -0.15) is 14.0 Å². The molecule has 1 heterocycles. The van der Waals surface area contributed by atoms with Gasteiger partial charge in [0.05, 0.1) is 6.54 Å². The van der Waals surface area contributed by atoms with Gasteiger partial charge < -0.3 is 5.32 Å². The fourth-order valence-corrected chi connectivity index (χ4v) is 1.10. The van der Waals surface area contributed by atoms with Gasteiger partial charge in [-0.3, -0.25) is 0 Å². The van der Waals surface area contributed by atoms with Crippen molar-refractivity contribution in [1.29, 1.82) is 5.26 Å². The van der Waals surface area contributed by atoms with E-state index in [-0.39, 0.29) is 12.2 Å². The molecule has 0 saturated heterocycles. The zero-order chi connectivity index (χ0) is 12.9. The van der Waals surface area contributed by atoms with E-state index in [2.05, 4.69) is 10.3 Å². The summed E-state index contributed by atoms with van der Waals surface area (Å²) in [6, 6.07) is 4.69. The summed E-state index contributed by atoms with van der Waals surface area (Å²) in [5.74, 6) is -4.05. The summed E-state index contributed by atoms with van der Waals surface area (Å²) in [5.41, 5.74) is 0.673. The van der Waals surface area contributed by atoms with Gasteiger partial charge in [0.1, 0.15) is 11.8 Å².